The Kier molecular flexibility index (Phi) is 6.70. The molecule has 6 nitrogen and oxygen atoms in total. The number of carbonyl (C=O) groups excluding carboxylic acids is 2. The first-order chi connectivity index (χ1) is 13.4. The molecular formula is C21H26N4O2S. The minimum Gasteiger partial charge on any atom is -0.369 e. The van der Waals surface area contributed by atoms with Gasteiger partial charge in [0.25, 0.3) is 5.91 Å². The van der Waals surface area contributed by atoms with Crippen LogP contribution < -0.4 is 11.1 Å². The van der Waals surface area contributed by atoms with Crippen LogP contribution in [0.5, 0.6) is 0 Å². The molecule has 7 heteroatoms. The number of aryl methyl sites for hydroxylation is 2. The molecule has 1 aromatic heterocycles. The van der Waals surface area contributed by atoms with Gasteiger partial charge in [-0.25, -0.2) is 4.98 Å². The van der Waals surface area contributed by atoms with Crippen LogP contribution in [0.25, 0.3) is 0 Å². The van der Waals surface area contributed by atoms with Crippen LogP contribution in [0.4, 0.5) is 0 Å². The Morgan fingerprint density at radius 3 is 2.64 bits per heavy atom. The lowest BCUT2D eigenvalue weighted by Gasteiger charge is -2.31. The van der Waals surface area contributed by atoms with E-state index in [4.69, 9.17) is 5.73 Å². The topological polar surface area (TPSA) is 88.3 Å². The normalized spacial score (nSPS) is 15.4. The van der Waals surface area contributed by atoms with Gasteiger partial charge in [-0.05, 0) is 62.1 Å². The number of pyridine rings is 1. The zero-order valence-electron chi connectivity index (χ0n) is 16.3. The number of rotatable bonds is 6. The van der Waals surface area contributed by atoms with Gasteiger partial charge in [0, 0.05) is 30.2 Å². The van der Waals surface area contributed by atoms with Crippen LogP contribution in [-0.2, 0) is 4.79 Å². The lowest BCUT2D eigenvalue weighted by atomic mass is 10.0. The molecule has 1 aliphatic heterocycles. The fourth-order valence-electron chi connectivity index (χ4n) is 3.25. The van der Waals surface area contributed by atoms with Crippen LogP contribution in [0.1, 0.15) is 34.3 Å². The number of piperidine rings is 1. The molecular weight excluding hydrogens is 372 g/mol. The maximum Gasteiger partial charge on any atom is 0.254 e. The van der Waals surface area contributed by atoms with Crippen molar-refractivity contribution in [2.75, 3.05) is 19.6 Å². The molecule has 0 unspecified atom stereocenters. The Balaban J connectivity index is 1.64. The van der Waals surface area contributed by atoms with Crippen molar-refractivity contribution in [1.29, 1.82) is 0 Å². The average molecular weight is 399 g/mol. The molecule has 2 aromatic rings. The molecule has 0 atom stereocenters. The summed E-state index contributed by atoms with van der Waals surface area (Å²) in [5.41, 5.74) is 8.30. The second kappa shape index (κ2) is 9.21. The molecule has 0 radical (unpaired) electrons. The first-order valence-corrected chi connectivity index (χ1v) is 10.3. The molecule has 0 bridgehead atoms. The van der Waals surface area contributed by atoms with Crippen molar-refractivity contribution in [1.82, 2.24) is 15.2 Å². The molecule has 28 heavy (non-hydrogen) atoms. The van der Waals surface area contributed by atoms with E-state index >= 15 is 0 Å². The summed E-state index contributed by atoms with van der Waals surface area (Å²) in [6.07, 6.45) is 3.32. The molecule has 1 aromatic carbocycles. The van der Waals surface area contributed by atoms with Crippen LogP contribution in [-0.4, -0.2) is 47.4 Å². The molecule has 3 N–H and O–H groups in total. The van der Waals surface area contributed by atoms with Gasteiger partial charge in [-0.1, -0.05) is 17.8 Å². The van der Waals surface area contributed by atoms with Crippen LogP contribution in [0.15, 0.2) is 46.5 Å². The van der Waals surface area contributed by atoms with Crippen molar-refractivity contribution in [3.05, 3.63) is 53.2 Å². The van der Waals surface area contributed by atoms with E-state index in [1.807, 2.05) is 11.0 Å². The van der Waals surface area contributed by atoms with Crippen molar-refractivity contribution >= 4 is 23.6 Å². The summed E-state index contributed by atoms with van der Waals surface area (Å²) in [4.78, 5) is 31.4. The van der Waals surface area contributed by atoms with Crippen molar-refractivity contribution in [2.45, 2.75) is 42.7 Å². The number of carbonyl (C=O) groups is 2. The third kappa shape index (κ3) is 5.33. The summed E-state index contributed by atoms with van der Waals surface area (Å²) >= 11 is 1.50. The van der Waals surface area contributed by atoms with Gasteiger partial charge in [0.15, 0.2) is 0 Å². The summed E-state index contributed by atoms with van der Waals surface area (Å²) in [6.45, 7) is 5.95. The highest BCUT2D eigenvalue weighted by Crippen LogP contribution is 2.30. The Bertz CT molecular complexity index is 863. The van der Waals surface area contributed by atoms with E-state index in [0.717, 1.165) is 30.8 Å². The molecule has 1 saturated heterocycles. The average Bonchev–Trinajstić information content (AvgIpc) is 2.66. The maximum atomic E-state index is 12.9. The molecule has 0 spiro atoms. The van der Waals surface area contributed by atoms with Crippen LogP contribution in [0.3, 0.4) is 0 Å². The van der Waals surface area contributed by atoms with E-state index in [9.17, 15) is 9.59 Å². The second-order valence-corrected chi connectivity index (χ2v) is 8.26. The number of primary amides is 1. The van der Waals surface area contributed by atoms with E-state index in [-0.39, 0.29) is 24.4 Å². The lowest BCUT2D eigenvalue weighted by Crippen LogP contribution is -2.46. The molecule has 3 rings (SSSR count). The largest absolute Gasteiger partial charge is 0.369 e. The SMILES string of the molecule is Cc1ccc(Sc2ncccc2C(=O)NC2CCN(CC(N)=O)CC2)cc1C. The number of amides is 2. The van der Waals surface area contributed by atoms with E-state index in [0.29, 0.717) is 10.6 Å². The van der Waals surface area contributed by atoms with Gasteiger partial charge in [-0.15, -0.1) is 0 Å². The minimum absolute atomic E-state index is 0.0938. The van der Waals surface area contributed by atoms with Gasteiger partial charge in [-0.3, -0.25) is 14.5 Å². The number of likely N-dealkylation sites (tertiary alicyclic amines) is 1. The molecule has 1 aliphatic rings. The van der Waals surface area contributed by atoms with Gasteiger partial charge in [0.2, 0.25) is 5.91 Å². The Morgan fingerprint density at radius 2 is 1.96 bits per heavy atom. The quantitative estimate of drug-likeness (QED) is 0.781. The van der Waals surface area contributed by atoms with Crippen molar-refractivity contribution in [3.8, 4) is 0 Å². The third-order valence-electron chi connectivity index (χ3n) is 5.01. The molecule has 0 saturated carbocycles. The number of hydrogen-bond acceptors (Lipinski definition) is 5. The Hall–Kier alpha value is -2.38. The highest BCUT2D eigenvalue weighted by atomic mass is 32.2. The number of aromatic nitrogens is 1. The summed E-state index contributed by atoms with van der Waals surface area (Å²) in [5, 5.41) is 3.82. The zero-order chi connectivity index (χ0) is 20.1. The fourth-order valence-corrected chi connectivity index (χ4v) is 4.23. The summed E-state index contributed by atoms with van der Waals surface area (Å²) in [5.74, 6) is -0.418. The minimum atomic E-state index is -0.314. The predicted octanol–water partition coefficient (Wildman–Crippen LogP) is 2.53. The van der Waals surface area contributed by atoms with E-state index < -0.39 is 0 Å². The van der Waals surface area contributed by atoms with Crippen molar-refractivity contribution in [3.63, 3.8) is 0 Å². The smallest absolute Gasteiger partial charge is 0.254 e. The standard InChI is InChI=1S/C21H26N4O2S/c1-14-5-6-17(12-15(14)2)28-21-18(4-3-9-23-21)20(27)24-16-7-10-25(11-8-16)13-19(22)26/h3-6,9,12,16H,7-8,10-11,13H2,1-2H3,(H2,22,26)(H,24,27). The van der Waals surface area contributed by atoms with Gasteiger partial charge < -0.3 is 11.1 Å². The molecule has 1 fully saturated rings. The third-order valence-corrected chi connectivity index (χ3v) is 6.02. The number of nitrogens with two attached hydrogens (primary N) is 1. The highest BCUT2D eigenvalue weighted by molar-refractivity contribution is 7.99. The van der Waals surface area contributed by atoms with Gasteiger partial charge in [0.05, 0.1) is 12.1 Å². The van der Waals surface area contributed by atoms with Gasteiger partial charge >= 0.3 is 0 Å². The first kappa shape index (κ1) is 20.4. The van der Waals surface area contributed by atoms with E-state index in [1.54, 1.807) is 12.3 Å². The monoisotopic (exact) mass is 398 g/mol. The molecule has 2 heterocycles. The maximum absolute atomic E-state index is 12.9. The highest BCUT2D eigenvalue weighted by Gasteiger charge is 2.23. The second-order valence-electron chi connectivity index (χ2n) is 7.19. The Morgan fingerprint density at radius 1 is 1.21 bits per heavy atom. The van der Waals surface area contributed by atoms with E-state index in [1.165, 1.54) is 22.9 Å². The predicted molar refractivity (Wildman–Crippen MR) is 110 cm³/mol. The van der Waals surface area contributed by atoms with Gasteiger partial charge in [-0.2, -0.15) is 0 Å². The number of nitrogens with one attached hydrogen (secondary N) is 1. The van der Waals surface area contributed by atoms with Crippen LogP contribution in [0.2, 0.25) is 0 Å². The number of nitrogens with zero attached hydrogens (tertiary/aromatic N) is 2. The Labute approximate surface area is 169 Å². The lowest BCUT2D eigenvalue weighted by molar-refractivity contribution is -0.119. The summed E-state index contributed by atoms with van der Waals surface area (Å²) in [6, 6.07) is 9.95. The number of hydrogen-bond donors (Lipinski definition) is 2. The molecule has 0 aliphatic carbocycles. The van der Waals surface area contributed by atoms with Crippen molar-refractivity contribution in [2.24, 2.45) is 5.73 Å². The molecule has 148 valence electrons. The van der Waals surface area contributed by atoms with Crippen molar-refractivity contribution < 1.29 is 9.59 Å². The van der Waals surface area contributed by atoms with Crippen LogP contribution >= 0.6 is 11.8 Å². The number of benzene rings is 1. The van der Waals surface area contributed by atoms with E-state index in [2.05, 4.69) is 42.3 Å². The first-order valence-electron chi connectivity index (χ1n) is 9.44. The van der Waals surface area contributed by atoms with Crippen LogP contribution in [0, 0.1) is 13.8 Å². The van der Waals surface area contributed by atoms with Gasteiger partial charge in [0.1, 0.15) is 5.03 Å². The fraction of sp³-hybridized carbons (Fsp3) is 0.381. The molecule has 2 amide bonds. The summed E-state index contributed by atoms with van der Waals surface area (Å²) < 4.78 is 0. The zero-order valence-corrected chi connectivity index (χ0v) is 17.1. The summed E-state index contributed by atoms with van der Waals surface area (Å²) in [7, 11) is 0.